The molecule has 4 rings (SSSR count). The average Bonchev–Trinajstić information content (AvgIpc) is 3.47. The van der Waals surface area contributed by atoms with Gasteiger partial charge in [0.15, 0.2) is 0 Å². The summed E-state index contributed by atoms with van der Waals surface area (Å²) in [5.41, 5.74) is 0.629. The third kappa shape index (κ3) is 3.96. The van der Waals surface area contributed by atoms with Crippen molar-refractivity contribution in [2.75, 3.05) is 19.8 Å². The van der Waals surface area contributed by atoms with Gasteiger partial charge in [-0.25, -0.2) is 4.98 Å². The first-order valence-corrected chi connectivity index (χ1v) is 8.72. The number of rotatable bonds is 5. The first-order valence-electron chi connectivity index (χ1n) is 8.72. The van der Waals surface area contributed by atoms with Gasteiger partial charge in [-0.15, -0.1) is 0 Å². The minimum atomic E-state index is 0.0403. The van der Waals surface area contributed by atoms with Gasteiger partial charge in [-0.1, -0.05) is 18.9 Å². The van der Waals surface area contributed by atoms with Crippen LogP contribution in [0.25, 0.3) is 0 Å². The lowest BCUT2D eigenvalue weighted by Crippen LogP contribution is -2.48. The molecule has 25 heavy (non-hydrogen) atoms. The predicted octanol–water partition coefficient (Wildman–Crippen LogP) is 2.91. The first-order chi connectivity index (χ1) is 12.3. The van der Waals surface area contributed by atoms with Crippen molar-refractivity contribution in [1.29, 1.82) is 0 Å². The fourth-order valence-electron chi connectivity index (χ4n) is 3.17. The Labute approximate surface area is 146 Å². The molecule has 2 aromatic rings. The zero-order valence-electron chi connectivity index (χ0n) is 14.0. The Balaban J connectivity index is 1.49. The fourth-order valence-corrected chi connectivity index (χ4v) is 3.17. The Hall–Kier alpha value is -2.47. The monoisotopic (exact) mass is 339 g/mol. The van der Waals surface area contributed by atoms with Crippen LogP contribution in [0.1, 0.15) is 29.6 Å². The maximum atomic E-state index is 13.0. The van der Waals surface area contributed by atoms with Gasteiger partial charge in [-0.05, 0) is 30.5 Å². The molecule has 1 saturated heterocycles. The summed E-state index contributed by atoms with van der Waals surface area (Å²) in [7, 11) is 0. The lowest BCUT2D eigenvalue weighted by atomic mass is 10.1. The van der Waals surface area contributed by atoms with Crippen LogP contribution in [0.15, 0.2) is 42.9 Å². The standard InChI is InChI=1S/C19H21N3O3/c23-19(22-8-9-24-13-16(22)10-14-4-5-14)15-2-1-3-17(11-15)25-18-12-20-6-7-21-18/h1-3,6-7,11-12,14,16H,4-5,8-10,13H2. The van der Waals surface area contributed by atoms with E-state index in [9.17, 15) is 4.79 Å². The number of hydrogen-bond donors (Lipinski definition) is 0. The largest absolute Gasteiger partial charge is 0.437 e. The molecular formula is C19H21N3O3. The third-order valence-corrected chi connectivity index (χ3v) is 4.63. The number of amides is 1. The number of aromatic nitrogens is 2. The predicted molar refractivity (Wildman–Crippen MR) is 91.5 cm³/mol. The highest BCUT2D eigenvalue weighted by Gasteiger charge is 2.33. The average molecular weight is 339 g/mol. The van der Waals surface area contributed by atoms with Crippen LogP contribution >= 0.6 is 0 Å². The van der Waals surface area contributed by atoms with Crippen molar-refractivity contribution in [2.24, 2.45) is 5.92 Å². The SMILES string of the molecule is O=C(c1cccc(Oc2cnccn2)c1)N1CCOCC1CC1CC1. The van der Waals surface area contributed by atoms with Crippen molar-refractivity contribution in [1.82, 2.24) is 14.9 Å². The van der Waals surface area contributed by atoms with Gasteiger partial charge in [0.25, 0.3) is 5.91 Å². The molecule has 0 radical (unpaired) electrons. The molecular weight excluding hydrogens is 318 g/mol. The van der Waals surface area contributed by atoms with E-state index in [0.29, 0.717) is 37.0 Å². The van der Waals surface area contributed by atoms with Gasteiger partial charge in [-0.3, -0.25) is 9.78 Å². The molecule has 0 spiro atoms. The van der Waals surface area contributed by atoms with Gasteiger partial charge in [0.2, 0.25) is 5.88 Å². The van der Waals surface area contributed by atoms with Gasteiger partial charge >= 0.3 is 0 Å². The molecule has 0 N–H and O–H groups in total. The lowest BCUT2D eigenvalue weighted by molar-refractivity contribution is -0.00570. The van der Waals surface area contributed by atoms with Gasteiger partial charge in [0, 0.05) is 24.5 Å². The molecule has 6 heteroatoms. The van der Waals surface area contributed by atoms with Crippen molar-refractivity contribution >= 4 is 5.91 Å². The van der Waals surface area contributed by atoms with Gasteiger partial charge in [0.1, 0.15) is 5.75 Å². The Morgan fingerprint density at radius 3 is 3.04 bits per heavy atom. The quantitative estimate of drug-likeness (QED) is 0.838. The zero-order chi connectivity index (χ0) is 17.1. The van der Waals surface area contributed by atoms with Crippen molar-refractivity contribution in [3.63, 3.8) is 0 Å². The maximum Gasteiger partial charge on any atom is 0.254 e. The van der Waals surface area contributed by atoms with Gasteiger partial charge in [0.05, 0.1) is 25.5 Å². The number of carbonyl (C=O) groups excluding carboxylic acids is 1. The molecule has 2 fully saturated rings. The van der Waals surface area contributed by atoms with E-state index < -0.39 is 0 Å². The number of morpholine rings is 1. The van der Waals surface area contributed by atoms with Crippen LogP contribution in [0.2, 0.25) is 0 Å². The van der Waals surface area contributed by atoms with Crippen LogP contribution in [0.5, 0.6) is 11.6 Å². The molecule has 0 bridgehead atoms. The van der Waals surface area contributed by atoms with Crippen molar-refractivity contribution in [3.8, 4) is 11.6 Å². The summed E-state index contributed by atoms with van der Waals surface area (Å²) < 4.78 is 11.3. The maximum absolute atomic E-state index is 13.0. The Bertz CT molecular complexity index is 734. The highest BCUT2D eigenvalue weighted by molar-refractivity contribution is 5.95. The second-order valence-corrected chi connectivity index (χ2v) is 6.58. The third-order valence-electron chi connectivity index (χ3n) is 4.63. The topological polar surface area (TPSA) is 64.5 Å². The molecule has 1 amide bonds. The second kappa shape index (κ2) is 7.19. The summed E-state index contributed by atoms with van der Waals surface area (Å²) >= 11 is 0. The summed E-state index contributed by atoms with van der Waals surface area (Å²) in [5, 5.41) is 0. The molecule has 2 aliphatic rings. The fraction of sp³-hybridized carbons (Fsp3) is 0.421. The highest BCUT2D eigenvalue weighted by atomic mass is 16.5. The van der Waals surface area contributed by atoms with Crippen molar-refractivity contribution < 1.29 is 14.3 Å². The number of ether oxygens (including phenoxy) is 2. The summed E-state index contributed by atoms with van der Waals surface area (Å²) in [5.74, 6) is 1.79. The van der Waals surface area contributed by atoms with Crippen molar-refractivity contribution in [3.05, 3.63) is 48.4 Å². The Morgan fingerprint density at radius 1 is 1.32 bits per heavy atom. The van der Waals surface area contributed by atoms with Gasteiger partial charge < -0.3 is 14.4 Å². The number of nitrogens with zero attached hydrogens (tertiary/aromatic N) is 3. The summed E-state index contributed by atoms with van der Waals surface area (Å²) in [4.78, 5) is 23.0. The zero-order valence-corrected chi connectivity index (χ0v) is 14.0. The van der Waals surface area contributed by atoms with Crippen LogP contribution in [0.3, 0.4) is 0 Å². The van der Waals surface area contributed by atoms with Crippen molar-refractivity contribution in [2.45, 2.75) is 25.3 Å². The summed E-state index contributed by atoms with van der Waals surface area (Å²) in [6.07, 6.45) is 8.30. The summed E-state index contributed by atoms with van der Waals surface area (Å²) in [6, 6.07) is 7.41. The molecule has 1 aromatic carbocycles. The minimum absolute atomic E-state index is 0.0403. The smallest absolute Gasteiger partial charge is 0.254 e. The molecule has 1 saturated carbocycles. The molecule has 6 nitrogen and oxygen atoms in total. The molecule has 2 heterocycles. The lowest BCUT2D eigenvalue weighted by Gasteiger charge is -2.36. The van der Waals surface area contributed by atoms with E-state index in [0.717, 1.165) is 12.3 Å². The van der Waals surface area contributed by atoms with E-state index in [4.69, 9.17) is 9.47 Å². The van der Waals surface area contributed by atoms with Crippen LogP contribution in [0.4, 0.5) is 0 Å². The number of hydrogen-bond acceptors (Lipinski definition) is 5. The van der Waals surface area contributed by atoms with E-state index in [1.165, 1.54) is 12.8 Å². The van der Waals surface area contributed by atoms with Crippen LogP contribution in [-0.4, -0.2) is 46.6 Å². The highest BCUT2D eigenvalue weighted by Crippen LogP contribution is 2.35. The molecule has 1 atom stereocenters. The van der Waals surface area contributed by atoms with E-state index in [-0.39, 0.29) is 11.9 Å². The first kappa shape index (κ1) is 16.0. The summed E-state index contributed by atoms with van der Waals surface area (Å²) in [6.45, 7) is 1.88. The Morgan fingerprint density at radius 2 is 2.24 bits per heavy atom. The molecule has 1 aromatic heterocycles. The number of benzene rings is 1. The van der Waals surface area contributed by atoms with Crippen LogP contribution in [0, 0.1) is 5.92 Å². The number of carbonyl (C=O) groups is 1. The van der Waals surface area contributed by atoms with Crippen LogP contribution < -0.4 is 4.74 Å². The normalized spacial score (nSPS) is 20.3. The molecule has 130 valence electrons. The Kier molecular flexibility index (Phi) is 4.61. The van der Waals surface area contributed by atoms with Crippen LogP contribution in [-0.2, 0) is 4.74 Å². The molecule has 1 aliphatic carbocycles. The van der Waals surface area contributed by atoms with E-state index >= 15 is 0 Å². The van der Waals surface area contributed by atoms with E-state index in [2.05, 4.69) is 9.97 Å². The van der Waals surface area contributed by atoms with E-state index in [1.807, 2.05) is 23.1 Å². The van der Waals surface area contributed by atoms with E-state index in [1.54, 1.807) is 24.7 Å². The van der Waals surface area contributed by atoms with Gasteiger partial charge in [-0.2, -0.15) is 0 Å². The second-order valence-electron chi connectivity index (χ2n) is 6.58. The minimum Gasteiger partial charge on any atom is -0.437 e. The molecule has 1 unspecified atom stereocenters. The molecule has 1 aliphatic heterocycles.